The number of ether oxygens (including phenoxy) is 1. The predicted octanol–water partition coefficient (Wildman–Crippen LogP) is 4.13. The number of amides is 1. The summed E-state index contributed by atoms with van der Waals surface area (Å²) < 4.78 is 33.2. The summed E-state index contributed by atoms with van der Waals surface area (Å²) in [6, 6.07) is 11.8. The summed E-state index contributed by atoms with van der Waals surface area (Å²) >= 11 is 6.20. The lowest BCUT2D eigenvalue weighted by Crippen LogP contribution is -2.38. The molecule has 2 aromatic carbocycles. The van der Waals surface area contributed by atoms with Gasteiger partial charge in [0.05, 0.1) is 24.0 Å². The lowest BCUT2D eigenvalue weighted by atomic mass is 10.1. The van der Waals surface area contributed by atoms with E-state index in [2.05, 4.69) is 0 Å². The molecule has 0 radical (unpaired) electrons. The summed E-state index contributed by atoms with van der Waals surface area (Å²) in [6.45, 7) is 4.21. The van der Waals surface area contributed by atoms with E-state index in [9.17, 15) is 13.2 Å². The zero-order valence-corrected chi connectivity index (χ0v) is 17.9. The molecule has 0 aromatic heterocycles. The minimum Gasteiger partial charge on any atom is -0.493 e. The Morgan fingerprint density at radius 2 is 1.86 bits per heavy atom. The highest BCUT2D eigenvalue weighted by Crippen LogP contribution is 2.30. The molecule has 0 spiro atoms. The molecule has 0 saturated carbocycles. The van der Waals surface area contributed by atoms with Gasteiger partial charge in [-0.15, -0.1) is 0 Å². The Balaban J connectivity index is 2.38. The van der Waals surface area contributed by atoms with Gasteiger partial charge in [-0.3, -0.25) is 4.79 Å². The zero-order chi connectivity index (χ0) is 20.9. The average Bonchev–Trinajstić information content (AvgIpc) is 2.64. The minimum absolute atomic E-state index is 0.0508. The maximum atomic E-state index is 13.1. The highest BCUT2D eigenvalue weighted by Gasteiger charge is 2.23. The van der Waals surface area contributed by atoms with E-state index >= 15 is 0 Å². The molecular weight excluding hydrogens is 402 g/mol. The molecule has 0 N–H and O–H groups in total. The van der Waals surface area contributed by atoms with E-state index in [0.717, 1.165) is 12.7 Å². The summed E-state index contributed by atoms with van der Waals surface area (Å²) in [4.78, 5) is 14.8. The Hall–Kier alpha value is -2.25. The molecule has 28 heavy (non-hydrogen) atoms. The first kappa shape index (κ1) is 22.0. The van der Waals surface area contributed by atoms with Gasteiger partial charge in [-0.2, -0.15) is 8.42 Å². The van der Waals surface area contributed by atoms with Gasteiger partial charge in [0, 0.05) is 12.6 Å². The van der Waals surface area contributed by atoms with Crippen molar-refractivity contribution in [2.24, 2.45) is 0 Å². The molecule has 8 heteroatoms. The van der Waals surface area contributed by atoms with Crippen molar-refractivity contribution in [2.45, 2.75) is 32.9 Å². The maximum absolute atomic E-state index is 13.1. The first-order valence-corrected chi connectivity index (χ1v) is 11.0. The third-order valence-corrected chi connectivity index (χ3v) is 5.12. The Kier molecular flexibility index (Phi) is 7.32. The first-order chi connectivity index (χ1) is 13.2. The number of benzene rings is 2. The largest absolute Gasteiger partial charge is 0.493 e. The maximum Gasteiger partial charge on any atom is 0.306 e. The van der Waals surface area contributed by atoms with Gasteiger partial charge in [0.1, 0.15) is 0 Å². The molecule has 6 nitrogen and oxygen atoms in total. The van der Waals surface area contributed by atoms with Gasteiger partial charge in [0.2, 0.25) is 0 Å². The number of halogens is 1. The molecule has 1 atom stereocenters. The highest BCUT2D eigenvalue weighted by molar-refractivity contribution is 7.86. The van der Waals surface area contributed by atoms with Crippen LogP contribution in [-0.2, 0) is 16.7 Å². The average molecular weight is 426 g/mol. The lowest BCUT2D eigenvalue weighted by molar-refractivity contribution is 0.0671. The number of nitrogens with zero attached hydrogens (tertiary/aromatic N) is 1. The molecule has 0 aliphatic carbocycles. The van der Waals surface area contributed by atoms with Crippen LogP contribution in [0.25, 0.3) is 0 Å². The first-order valence-electron chi connectivity index (χ1n) is 8.78. The SMILES string of the molecule is CCC(C)N(Cc1ccc(OC)c(OS(C)(=O)=O)c1)C(=O)c1ccccc1Cl. The van der Waals surface area contributed by atoms with E-state index in [-0.39, 0.29) is 24.2 Å². The van der Waals surface area contributed by atoms with Crippen molar-refractivity contribution in [1.82, 2.24) is 4.90 Å². The number of hydrogen-bond donors (Lipinski definition) is 0. The number of methoxy groups -OCH3 is 1. The fraction of sp³-hybridized carbons (Fsp3) is 0.350. The molecule has 0 aliphatic heterocycles. The Morgan fingerprint density at radius 1 is 1.18 bits per heavy atom. The van der Waals surface area contributed by atoms with E-state index in [1.54, 1.807) is 47.4 Å². The van der Waals surface area contributed by atoms with Gasteiger partial charge in [0.15, 0.2) is 11.5 Å². The van der Waals surface area contributed by atoms with Crippen LogP contribution in [0, 0.1) is 0 Å². The van der Waals surface area contributed by atoms with Crippen LogP contribution in [0.15, 0.2) is 42.5 Å². The van der Waals surface area contributed by atoms with E-state index in [1.807, 2.05) is 13.8 Å². The molecule has 0 heterocycles. The zero-order valence-electron chi connectivity index (χ0n) is 16.3. The van der Waals surface area contributed by atoms with E-state index < -0.39 is 10.1 Å². The lowest BCUT2D eigenvalue weighted by Gasteiger charge is -2.29. The molecule has 1 amide bonds. The Labute approximate surface area is 171 Å². The molecular formula is C20H24ClNO5S. The van der Waals surface area contributed by atoms with Crippen LogP contribution in [0.2, 0.25) is 5.02 Å². The summed E-state index contributed by atoms with van der Waals surface area (Å²) in [7, 11) is -2.29. The number of hydrogen-bond acceptors (Lipinski definition) is 5. The minimum atomic E-state index is -3.72. The van der Waals surface area contributed by atoms with E-state index in [1.165, 1.54) is 7.11 Å². The molecule has 0 fully saturated rings. The van der Waals surface area contributed by atoms with E-state index in [4.69, 9.17) is 20.5 Å². The van der Waals surface area contributed by atoms with Crippen LogP contribution in [0.4, 0.5) is 0 Å². The van der Waals surface area contributed by atoms with Crippen LogP contribution < -0.4 is 8.92 Å². The van der Waals surface area contributed by atoms with Crippen molar-refractivity contribution in [1.29, 1.82) is 0 Å². The van der Waals surface area contributed by atoms with Crippen LogP contribution in [0.5, 0.6) is 11.5 Å². The van der Waals surface area contributed by atoms with Crippen molar-refractivity contribution in [3.63, 3.8) is 0 Å². The summed E-state index contributed by atoms with van der Waals surface area (Å²) in [5.41, 5.74) is 1.13. The Bertz CT molecular complexity index is 945. The van der Waals surface area contributed by atoms with Gasteiger partial charge in [0.25, 0.3) is 5.91 Å². The van der Waals surface area contributed by atoms with Crippen molar-refractivity contribution >= 4 is 27.6 Å². The summed E-state index contributed by atoms with van der Waals surface area (Å²) in [5.74, 6) is 0.180. The van der Waals surface area contributed by atoms with Crippen LogP contribution in [0.1, 0.15) is 36.2 Å². The molecule has 0 aliphatic rings. The molecule has 2 rings (SSSR count). The molecule has 2 aromatic rings. The smallest absolute Gasteiger partial charge is 0.306 e. The van der Waals surface area contributed by atoms with Gasteiger partial charge in [-0.05, 0) is 43.2 Å². The molecule has 0 saturated heterocycles. The monoisotopic (exact) mass is 425 g/mol. The van der Waals surface area contributed by atoms with Crippen molar-refractivity contribution in [3.05, 3.63) is 58.6 Å². The van der Waals surface area contributed by atoms with Gasteiger partial charge < -0.3 is 13.8 Å². The quantitative estimate of drug-likeness (QED) is 0.594. The normalized spacial score (nSPS) is 12.3. The molecule has 0 bridgehead atoms. The van der Waals surface area contributed by atoms with Gasteiger partial charge in [-0.1, -0.05) is 36.7 Å². The fourth-order valence-electron chi connectivity index (χ4n) is 2.68. The summed E-state index contributed by atoms with van der Waals surface area (Å²) in [6.07, 6.45) is 1.71. The second-order valence-electron chi connectivity index (χ2n) is 6.44. The number of rotatable bonds is 8. The second-order valence-corrected chi connectivity index (χ2v) is 8.42. The van der Waals surface area contributed by atoms with Gasteiger partial charge in [-0.25, -0.2) is 0 Å². The highest BCUT2D eigenvalue weighted by atomic mass is 35.5. The van der Waals surface area contributed by atoms with Crippen molar-refractivity contribution in [2.75, 3.05) is 13.4 Å². The fourth-order valence-corrected chi connectivity index (χ4v) is 3.35. The topological polar surface area (TPSA) is 72.9 Å². The van der Waals surface area contributed by atoms with Crippen molar-refractivity contribution < 1.29 is 22.1 Å². The third-order valence-electron chi connectivity index (χ3n) is 4.31. The predicted molar refractivity (Wildman–Crippen MR) is 110 cm³/mol. The van der Waals surface area contributed by atoms with Crippen LogP contribution >= 0.6 is 11.6 Å². The van der Waals surface area contributed by atoms with E-state index in [0.29, 0.717) is 21.9 Å². The third kappa shape index (κ3) is 5.62. The summed E-state index contributed by atoms with van der Waals surface area (Å²) in [5, 5.41) is 0.386. The van der Waals surface area contributed by atoms with Crippen molar-refractivity contribution in [3.8, 4) is 11.5 Å². The number of carbonyl (C=O) groups excluding carboxylic acids is 1. The second kappa shape index (κ2) is 9.30. The van der Waals surface area contributed by atoms with Gasteiger partial charge >= 0.3 is 10.1 Å². The standard InChI is InChI=1S/C20H24ClNO5S/c1-5-14(2)22(20(23)16-8-6-7-9-17(16)21)13-15-10-11-18(26-3)19(12-15)27-28(4,24)25/h6-12,14H,5,13H2,1-4H3. The van der Waals surface area contributed by atoms with Crippen LogP contribution in [-0.4, -0.2) is 38.6 Å². The number of carbonyl (C=O) groups is 1. The Morgan fingerprint density at radius 3 is 2.43 bits per heavy atom. The molecule has 1 unspecified atom stereocenters. The molecule has 152 valence electrons. The van der Waals surface area contributed by atoms with Crippen LogP contribution in [0.3, 0.4) is 0 Å².